The van der Waals surface area contributed by atoms with Crippen molar-refractivity contribution in [1.29, 1.82) is 0 Å². The van der Waals surface area contributed by atoms with E-state index < -0.39 is 41.9 Å². The van der Waals surface area contributed by atoms with Gasteiger partial charge in [0.1, 0.15) is 11.6 Å². The molecule has 0 spiro atoms. The average molecular weight is 723 g/mol. The molecule has 2 fully saturated rings. The predicted octanol–water partition coefficient (Wildman–Crippen LogP) is 4.75. The Kier molecular flexibility index (Phi) is 19.3. The Morgan fingerprint density at radius 1 is 0.882 bits per heavy atom. The minimum atomic E-state index is -0.661. The summed E-state index contributed by atoms with van der Waals surface area (Å²) in [6.45, 7) is 16.5. The summed E-state index contributed by atoms with van der Waals surface area (Å²) >= 11 is 0. The molecule has 0 aliphatic carbocycles. The van der Waals surface area contributed by atoms with Crippen molar-refractivity contribution < 1.29 is 38.7 Å². The molecule has 0 saturated carbocycles. The van der Waals surface area contributed by atoms with Gasteiger partial charge in [0.15, 0.2) is 0 Å². The zero-order valence-corrected chi connectivity index (χ0v) is 33.3. The van der Waals surface area contributed by atoms with Crippen molar-refractivity contribution in [3.8, 4) is 0 Å². The molecule has 2 saturated heterocycles. The standard InChI is InChI=1S/C39H70N4O8/c1-11-27(6)36(41(8)39(48)31(26(4)5)22-30(44)24-42-17-13-12-14-18-42)34(50-9)23-35(46)43-19-15-16-32(43)37(51-10)28(7)33(45)21-29(20-25(2)3)38(47)40-49/h25-29,31-32,34,36-37,49H,11-24H2,1-10H3,(H,40,47)/t27-,28-,29+,31-,32-,34+,36-,37+/m0/s1. The molecule has 2 heterocycles. The van der Waals surface area contributed by atoms with Crippen molar-refractivity contribution in [2.45, 2.75) is 137 Å². The van der Waals surface area contributed by atoms with Crippen LogP contribution in [0.25, 0.3) is 0 Å². The number of nitrogens with zero attached hydrogens (tertiary/aromatic N) is 3. The minimum Gasteiger partial charge on any atom is -0.379 e. The lowest BCUT2D eigenvalue weighted by Gasteiger charge is -2.41. The normalized spacial score (nSPS) is 21.1. The van der Waals surface area contributed by atoms with E-state index >= 15 is 0 Å². The topological polar surface area (TPSA) is 146 Å². The minimum absolute atomic E-state index is 0.0159. The zero-order valence-electron chi connectivity index (χ0n) is 33.3. The molecule has 12 heteroatoms. The number of carbonyl (C=O) groups excluding carboxylic acids is 5. The van der Waals surface area contributed by atoms with Crippen LogP contribution in [0.4, 0.5) is 0 Å². The highest BCUT2D eigenvalue weighted by Crippen LogP contribution is 2.31. The average Bonchev–Trinajstić information content (AvgIpc) is 3.59. The van der Waals surface area contributed by atoms with E-state index in [-0.39, 0.29) is 66.4 Å². The van der Waals surface area contributed by atoms with Gasteiger partial charge >= 0.3 is 0 Å². The first-order valence-corrected chi connectivity index (χ1v) is 19.4. The fourth-order valence-corrected chi connectivity index (χ4v) is 8.26. The van der Waals surface area contributed by atoms with Crippen LogP contribution in [0.15, 0.2) is 0 Å². The fraction of sp³-hybridized carbons (Fsp3) is 0.872. The van der Waals surface area contributed by atoms with Crippen molar-refractivity contribution >= 4 is 29.3 Å². The van der Waals surface area contributed by atoms with Crippen LogP contribution in [0.3, 0.4) is 0 Å². The van der Waals surface area contributed by atoms with E-state index in [1.54, 1.807) is 43.5 Å². The van der Waals surface area contributed by atoms with E-state index in [0.29, 0.717) is 25.9 Å². The molecule has 0 bridgehead atoms. The van der Waals surface area contributed by atoms with Crippen LogP contribution in [-0.4, -0.2) is 121 Å². The summed E-state index contributed by atoms with van der Waals surface area (Å²) in [5.41, 5.74) is 1.70. The SMILES string of the molecule is CC[C@H](C)[C@@H]([C@@H](CC(=O)N1CCC[C@H]1[C@H](OC)[C@@H](C)C(=O)C[C@@H](CC(C)C)C(=O)NO)OC)N(C)C(=O)[C@@H](CC(=O)CN1CCCCC1)C(C)C. The Morgan fingerprint density at radius 3 is 2.06 bits per heavy atom. The largest absolute Gasteiger partial charge is 0.379 e. The number of hydroxylamine groups is 1. The first kappa shape index (κ1) is 44.7. The molecule has 2 rings (SSSR count). The molecule has 0 aromatic carbocycles. The van der Waals surface area contributed by atoms with Gasteiger partial charge in [0.2, 0.25) is 17.7 Å². The van der Waals surface area contributed by atoms with E-state index in [1.807, 2.05) is 27.7 Å². The van der Waals surface area contributed by atoms with Crippen molar-refractivity contribution in [1.82, 2.24) is 20.2 Å². The highest BCUT2D eigenvalue weighted by Gasteiger charge is 2.43. The summed E-state index contributed by atoms with van der Waals surface area (Å²) in [6.07, 6.45) is 5.07. The van der Waals surface area contributed by atoms with Gasteiger partial charge in [0.05, 0.1) is 37.3 Å². The number of ketones is 2. The molecule has 0 unspecified atom stereocenters. The summed E-state index contributed by atoms with van der Waals surface area (Å²) < 4.78 is 11.9. The lowest BCUT2D eigenvalue weighted by molar-refractivity contribution is -0.149. The van der Waals surface area contributed by atoms with Gasteiger partial charge in [-0.15, -0.1) is 0 Å². The Morgan fingerprint density at radius 2 is 1.53 bits per heavy atom. The second-order valence-electron chi connectivity index (χ2n) is 16.0. The lowest BCUT2D eigenvalue weighted by Crippen LogP contribution is -2.54. The van der Waals surface area contributed by atoms with Crippen LogP contribution in [0.5, 0.6) is 0 Å². The smallest absolute Gasteiger partial charge is 0.246 e. The molecule has 2 aliphatic rings. The molecular weight excluding hydrogens is 652 g/mol. The monoisotopic (exact) mass is 723 g/mol. The Hall–Kier alpha value is -2.41. The van der Waals surface area contributed by atoms with E-state index in [2.05, 4.69) is 18.7 Å². The van der Waals surface area contributed by atoms with E-state index in [9.17, 15) is 29.2 Å². The second-order valence-corrected chi connectivity index (χ2v) is 16.0. The summed E-state index contributed by atoms with van der Waals surface area (Å²) in [5.74, 6) is -2.47. The van der Waals surface area contributed by atoms with Gasteiger partial charge in [0, 0.05) is 58.4 Å². The molecular formula is C39H70N4O8. The van der Waals surface area contributed by atoms with Crippen LogP contribution in [0.1, 0.15) is 113 Å². The van der Waals surface area contributed by atoms with E-state index in [1.165, 1.54) is 6.42 Å². The zero-order chi connectivity index (χ0) is 38.4. The van der Waals surface area contributed by atoms with Crippen molar-refractivity contribution in [3.05, 3.63) is 0 Å². The second kappa shape index (κ2) is 22.0. The number of amides is 3. The molecule has 12 nitrogen and oxygen atoms in total. The van der Waals surface area contributed by atoms with Crippen LogP contribution < -0.4 is 5.48 Å². The van der Waals surface area contributed by atoms with Gasteiger partial charge in [-0.3, -0.25) is 34.1 Å². The first-order valence-electron chi connectivity index (χ1n) is 19.4. The summed E-state index contributed by atoms with van der Waals surface area (Å²) in [7, 11) is 4.89. The number of Topliss-reactive ketones (excluding diaryl/α,β-unsaturated/α-hetero) is 2. The quantitative estimate of drug-likeness (QED) is 0.119. The Labute approximate surface area is 307 Å². The maximum absolute atomic E-state index is 14.2. The third-order valence-corrected chi connectivity index (χ3v) is 11.5. The van der Waals surface area contributed by atoms with Crippen molar-refractivity contribution in [2.24, 2.45) is 35.5 Å². The molecule has 2 N–H and O–H groups in total. The van der Waals surface area contributed by atoms with Gasteiger partial charge in [0.25, 0.3) is 0 Å². The van der Waals surface area contributed by atoms with Crippen molar-refractivity contribution in [3.63, 3.8) is 0 Å². The number of rotatable bonds is 22. The fourth-order valence-electron chi connectivity index (χ4n) is 8.26. The van der Waals surface area contributed by atoms with Crippen molar-refractivity contribution in [2.75, 3.05) is 47.4 Å². The molecule has 51 heavy (non-hydrogen) atoms. The van der Waals surface area contributed by atoms with Gasteiger partial charge in [-0.1, -0.05) is 61.3 Å². The number of nitrogens with one attached hydrogen (secondary N) is 1. The third-order valence-electron chi connectivity index (χ3n) is 11.5. The van der Waals surface area contributed by atoms with E-state index in [0.717, 1.165) is 38.8 Å². The number of hydrogen-bond acceptors (Lipinski definition) is 9. The molecule has 0 aromatic heterocycles. The molecule has 0 radical (unpaired) electrons. The number of carbonyl (C=O) groups is 5. The maximum Gasteiger partial charge on any atom is 0.246 e. The highest BCUT2D eigenvalue weighted by molar-refractivity contribution is 5.89. The number of ether oxygens (including phenoxy) is 2. The maximum atomic E-state index is 14.2. The number of piperidine rings is 1. The third kappa shape index (κ3) is 12.9. The molecule has 2 aliphatic heterocycles. The van der Waals surface area contributed by atoms with Crippen LogP contribution in [0, 0.1) is 35.5 Å². The van der Waals surface area contributed by atoms with E-state index in [4.69, 9.17) is 9.47 Å². The van der Waals surface area contributed by atoms with Gasteiger partial charge in [-0.05, 0) is 62.9 Å². The van der Waals surface area contributed by atoms with Crippen LogP contribution in [-0.2, 0) is 33.4 Å². The van der Waals surface area contributed by atoms with Gasteiger partial charge in [-0.2, -0.15) is 0 Å². The number of likely N-dealkylation sites (N-methyl/N-ethyl adjacent to an activating group) is 1. The number of likely N-dealkylation sites (tertiary alicyclic amines) is 2. The Bertz CT molecular complexity index is 1130. The summed E-state index contributed by atoms with van der Waals surface area (Å²) in [5, 5.41) is 9.25. The van der Waals surface area contributed by atoms with Crippen LogP contribution >= 0.6 is 0 Å². The highest BCUT2D eigenvalue weighted by atomic mass is 16.5. The summed E-state index contributed by atoms with van der Waals surface area (Å²) in [6, 6.07) is -0.739. The van der Waals surface area contributed by atoms with Crippen LogP contribution in [0.2, 0.25) is 0 Å². The Balaban J connectivity index is 2.22. The predicted molar refractivity (Wildman–Crippen MR) is 197 cm³/mol. The first-order chi connectivity index (χ1) is 24.1. The molecule has 8 atom stereocenters. The number of methoxy groups -OCH3 is 2. The molecule has 3 amide bonds. The number of hydrogen-bond donors (Lipinski definition) is 2. The van der Waals surface area contributed by atoms with Gasteiger partial charge < -0.3 is 19.3 Å². The lowest BCUT2D eigenvalue weighted by atomic mass is 9.84. The molecule has 0 aromatic rings. The summed E-state index contributed by atoms with van der Waals surface area (Å²) in [4.78, 5) is 73.0. The van der Waals surface area contributed by atoms with Gasteiger partial charge in [-0.25, -0.2) is 5.48 Å². The molecule has 294 valence electrons.